The number of carbonyl (C=O) groups is 1. The molecule has 0 aromatic heterocycles. The molecule has 4 heteroatoms. The van der Waals surface area contributed by atoms with Crippen molar-refractivity contribution in [3.63, 3.8) is 0 Å². The molecule has 0 bridgehead atoms. The smallest absolute Gasteiger partial charge is 0.337 e. The van der Waals surface area contributed by atoms with Crippen molar-refractivity contribution in [3.05, 3.63) is 29.3 Å². The van der Waals surface area contributed by atoms with E-state index in [4.69, 9.17) is 5.11 Å². The van der Waals surface area contributed by atoms with Crippen LogP contribution in [0, 0.1) is 12.8 Å². The van der Waals surface area contributed by atoms with Crippen LogP contribution in [-0.2, 0) is 0 Å². The maximum atomic E-state index is 11.1. The second-order valence-electron chi connectivity index (χ2n) is 5.01. The summed E-state index contributed by atoms with van der Waals surface area (Å²) in [6, 6.07) is 5.03. The molecule has 18 heavy (non-hydrogen) atoms. The first-order valence-corrected chi connectivity index (χ1v) is 6.15. The highest BCUT2D eigenvalue weighted by atomic mass is 16.4. The van der Waals surface area contributed by atoms with Gasteiger partial charge in [0.05, 0.1) is 12.2 Å². The zero-order chi connectivity index (χ0) is 13.7. The average Bonchev–Trinajstić information content (AvgIpc) is 2.27. The minimum Gasteiger partial charge on any atom is -0.478 e. The van der Waals surface area contributed by atoms with E-state index in [0.29, 0.717) is 11.6 Å². The zero-order valence-electron chi connectivity index (χ0n) is 11.1. The molecule has 3 N–H and O–H groups in total. The maximum Gasteiger partial charge on any atom is 0.337 e. The fraction of sp³-hybridized carbons (Fsp3) is 0.500. The van der Waals surface area contributed by atoms with Crippen LogP contribution in [0.15, 0.2) is 18.2 Å². The molecule has 0 heterocycles. The molecule has 0 amide bonds. The number of aliphatic hydroxyl groups excluding tert-OH is 1. The largest absolute Gasteiger partial charge is 0.478 e. The first-order valence-electron chi connectivity index (χ1n) is 6.15. The molecule has 0 saturated carbocycles. The second-order valence-corrected chi connectivity index (χ2v) is 5.01. The van der Waals surface area contributed by atoms with Gasteiger partial charge in [0.15, 0.2) is 0 Å². The number of hydrogen-bond acceptors (Lipinski definition) is 3. The quantitative estimate of drug-likeness (QED) is 0.726. The monoisotopic (exact) mass is 251 g/mol. The van der Waals surface area contributed by atoms with Crippen LogP contribution in [0.3, 0.4) is 0 Å². The van der Waals surface area contributed by atoms with Crippen molar-refractivity contribution in [2.24, 2.45) is 5.92 Å². The maximum absolute atomic E-state index is 11.1. The third kappa shape index (κ3) is 4.04. The lowest BCUT2D eigenvalue weighted by molar-refractivity contribution is 0.0698. The molecule has 0 saturated heterocycles. The summed E-state index contributed by atoms with van der Waals surface area (Å²) in [4.78, 5) is 11.1. The molecule has 0 aliphatic heterocycles. The summed E-state index contributed by atoms with van der Waals surface area (Å²) in [5.74, 6) is -0.522. The van der Waals surface area contributed by atoms with Crippen molar-refractivity contribution in [2.45, 2.75) is 33.2 Å². The molecule has 100 valence electrons. The number of anilines is 1. The zero-order valence-corrected chi connectivity index (χ0v) is 11.1. The number of nitrogens with one attached hydrogen (secondary N) is 1. The van der Waals surface area contributed by atoms with Gasteiger partial charge in [0.25, 0.3) is 0 Å². The van der Waals surface area contributed by atoms with E-state index in [-0.39, 0.29) is 18.2 Å². The molecule has 0 aliphatic carbocycles. The molecule has 0 fully saturated rings. The summed E-state index contributed by atoms with van der Waals surface area (Å²) in [6.45, 7) is 6.04. The molecule has 0 aliphatic rings. The van der Waals surface area contributed by atoms with Crippen LogP contribution in [0.2, 0.25) is 0 Å². The van der Waals surface area contributed by atoms with Crippen LogP contribution < -0.4 is 5.32 Å². The van der Waals surface area contributed by atoms with E-state index in [1.165, 1.54) is 0 Å². The number of carboxylic acid groups (broad SMARTS) is 1. The van der Waals surface area contributed by atoms with Crippen molar-refractivity contribution < 1.29 is 15.0 Å². The highest BCUT2D eigenvalue weighted by molar-refractivity contribution is 5.94. The number of hydrogen-bond donors (Lipinski definition) is 3. The van der Waals surface area contributed by atoms with Crippen LogP contribution in [0.1, 0.15) is 36.2 Å². The Morgan fingerprint density at radius 1 is 1.39 bits per heavy atom. The first kappa shape index (κ1) is 14.5. The van der Waals surface area contributed by atoms with E-state index in [1.54, 1.807) is 18.2 Å². The molecule has 1 atom stereocenters. The molecule has 0 radical (unpaired) electrons. The van der Waals surface area contributed by atoms with E-state index in [2.05, 4.69) is 19.2 Å². The average molecular weight is 251 g/mol. The first-order chi connectivity index (χ1) is 8.43. The fourth-order valence-electron chi connectivity index (χ4n) is 1.93. The number of aromatic carboxylic acids is 1. The number of aryl methyl sites for hydroxylation is 1. The summed E-state index contributed by atoms with van der Waals surface area (Å²) in [6.07, 6.45) is 0.795. The molecule has 1 aromatic carbocycles. The molecule has 1 unspecified atom stereocenters. The molecule has 4 nitrogen and oxygen atoms in total. The van der Waals surface area contributed by atoms with Gasteiger partial charge >= 0.3 is 5.97 Å². The van der Waals surface area contributed by atoms with E-state index < -0.39 is 5.97 Å². The number of carboxylic acids is 1. The van der Waals surface area contributed by atoms with Crippen LogP contribution in [0.25, 0.3) is 0 Å². The van der Waals surface area contributed by atoms with E-state index >= 15 is 0 Å². The lowest BCUT2D eigenvalue weighted by Gasteiger charge is -2.21. The Balaban J connectivity index is 2.93. The van der Waals surface area contributed by atoms with E-state index in [9.17, 15) is 9.90 Å². The van der Waals surface area contributed by atoms with Gasteiger partial charge in [-0.05, 0) is 37.0 Å². The lowest BCUT2D eigenvalue weighted by Crippen LogP contribution is -2.26. The van der Waals surface area contributed by atoms with Crippen molar-refractivity contribution in [1.82, 2.24) is 0 Å². The fourth-order valence-corrected chi connectivity index (χ4v) is 1.93. The summed E-state index contributed by atoms with van der Waals surface area (Å²) < 4.78 is 0. The summed E-state index contributed by atoms with van der Waals surface area (Å²) >= 11 is 0. The Kier molecular flexibility index (Phi) is 5.16. The topological polar surface area (TPSA) is 69.6 Å². The minimum absolute atomic E-state index is 0.00875. The van der Waals surface area contributed by atoms with Crippen molar-refractivity contribution in [1.29, 1.82) is 0 Å². The highest BCUT2D eigenvalue weighted by Gasteiger charge is 2.15. The second kappa shape index (κ2) is 6.40. The standard InChI is InChI=1S/C14H21NO3/c1-9(2)6-11(8-16)15-13-7-10(3)4-5-12(13)14(17)18/h4-5,7,9,11,15-16H,6,8H2,1-3H3,(H,17,18). The van der Waals surface area contributed by atoms with Crippen molar-refractivity contribution >= 4 is 11.7 Å². The third-order valence-electron chi connectivity index (χ3n) is 2.74. The van der Waals surface area contributed by atoms with E-state index in [0.717, 1.165) is 12.0 Å². The van der Waals surface area contributed by atoms with Gasteiger partial charge in [-0.1, -0.05) is 19.9 Å². The molecule has 1 rings (SSSR count). The SMILES string of the molecule is Cc1ccc(C(=O)O)c(NC(CO)CC(C)C)c1. The van der Waals surface area contributed by atoms with Gasteiger partial charge in [-0.2, -0.15) is 0 Å². The Bertz CT molecular complexity index is 416. The molecule has 0 spiro atoms. The van der Waals surface area contributed by atoms with Crippen LogP contribution in [0.4, 0.5) is 5.69 Å². The van der Waals surface area contributed by atoms with Gasteiger partial charge in [0, 0.05) is 11.7 Å². The van der Waals surface area contributed by atoms with Gasteiger partial charge in [-0.25, -0.2) is 4.79 Å². The summed E-state index contributed by atoms with van der Waals surface area (Å²) in [7, 11) is 0. The lowest BCUT2D eigenvalue weighted by atomic mass is 10.0. The molecule has 1 aromatic rings. The summed E-state index contributed by atoms with van der Waals surface area (Å²) in [5, 5.41) is 21.6. The summed E-state index contributed by atoms with van der Waals surface area (Å²) in [5.41, 5.74) is 1.80. The Morgan fingerprint density at radius 2 is 2.06 bits per heavy atom. The van der Waals surface area contributed by atoms with Crippen molar-refractivity contribution in [3.8, 4) is 0 Å². The molecular formula is C14H21NO3. The van der Waals surface area contributed by atoms with Gasteiger partial charge in [0.1, 0.15) is 0 Å². The predicted molar refractivity (Wildman–Crippen MR) is 72.1 cm³/mol. The number of benzene rings is 1. The van der Waals surface area contributed by atoms with E-state index in [1.807, 2.05) is 6.92 Å². The van der Waals surface area contributed by atoms with Crippen LogP contribution in [-0.4, -0.2) is 28.8 Å². The number of aliphatic hydroxyl groups is 1. The van der Waals surface area contributed by atoms with Gasteiger partial charge in [-0.15, -0.1) is 0 Å². The van der Waals surface area contributed by atoms with Gasteiger partial charge in [0.2, 0.25) is 0 Å². The van der Waals surface area contributed by atoms with Crippen LogP contribution >= 0.6 is 0 Å². The van der Waals surface area contributed by atoms with Crippen molar-refractivity contribution in [2.75, 3.05) is 11.9 Å². The minimum atomic E-state index is -0.960. The Labute approximate surface area is 108 Å². The Hall–Kier alpha value is -1.55. The van der Waals surface area contributed by atoms with Crippen LogP contribution in [0.5, 0.6) is 0 Å². The molecular weight excluding hydrogens is 230 g/mol. The normalized spacial score (nSPS) is 12.5. The Morgan fingerprint density at radius 3 is 2.56 bits per heavy atom. The van der Waals surface area contributed by atoms with Gasteiger partial charge < -0.3 is 15.5 Å². The van der Waals surface area contributed by atoms with Gasteiger partial charge in [-0.3, -0.25) is 0 Å². The number of rotatable bonds is 6. The third-order valence-corrected chi connectivity index (χ3v) is 2.74. The predicted octanol–water partition coefficient (Wildman–Crippen LogP) is 2.51. The highest BCUT2D eigenvalue weighted by Crippen LogP contribution is 2.20.